The molecule has 3 rings (SSSR count). The van der Waals surface area contributed by atoms with E-state index in [9.17, 15) is 4.79 Å². The van der Waals surface area contributed by atoms with Crippen molar-refractivity contribution in [2.45, 2.75) is 0 Å². The molecule has 0 bridgehead atoms. The van der Waals surface area contributed by atoms with Gasteiger partial charge in [0.15, 0.2) is 6.61 Å². The van der Waals surface area contributed by atoms with Crippen molar-refractivity contribution in [3.8, 4) is 11.5 Å². The molecule has 5 nitrogen and oxygen atoms in total. The molecule has 1 aromatic heterocycles. The Morgan fingerprint density at radius 2 is 1.95 bits per heavy atom. The van der Waals surface area contributed by atoms with Crippen molar-refractivity contribution in [3.05, 3.63) is 54.9 Å². The molecule has 0 aliphatic heterocycles. The van der Waals surface area contributed by atoms with Gasteiger partial charge in [-0.3, -0.25) is 9.36 Å². The number of methoxy groups -OCH3 is 1. The summed E-state index contributed by atoms with van der Waals surface area (Å²) < 4.78 is 12.1. The van der Waals surface area contributed by atoms with Crippen molar-refractivity contribution in [2.24, 2.45) is 0 Å². The number of aromatic nitrogens is 2. The molecule has 0 aliphatic carbocycles. The molecule has 1 heterocycles. The summed E-state index contributed by atoms with van der Waals surface area (Å²) in [4.78, 5) is 16.4. The van der Waals surface area contributed by atoms with Crippen molar-refractivity contribution in [2.75, 3.05) is 13.7 Å². The molecule has 0 radical (unpaired) electrons. The molecular weight excluding hydrogens is 268 g/mol. The van der Waals surface area contributed by atoms with E-state index in [0.717, 1.165) is 11.0 Å². The highest BCUT2D eigenvalue weighted by atomic mass is 16.5. The van der Waals surface area contributed by atoms with E-state index in [-0.39, 0.29) is 12.5 Å². The maximum Gasteiger partial charge on any atom is 0.270 e. The van der Waals surface area contributed by atoms with Gasteiger partial charge in [-0.15, -0.1) is 0 Å². The zero-order valence-corrected chi connectivity index (χ0v) is 11.5. The van der Waals surface area contributed by atoms with Crippen LogP contribution in [0.4, 0.5) is 0 Å². The molecule has 5 heteroatoms. The van der Waals surface area contributed by atoms with Crippen LogP contribution in [0.5, 0.6) is 11.5 Å². The first kappa shape index (κ1) is 13.2. The van der Waals surface area contributed by atoms with Gasteiger partial charge in [-0.2, -0.15) is 0 Å². The normalized spacial score (nSPS) is 10.5. The van der Waals surface area contributed by atoms with Crippen LogP contribution in [0, 0.1) is 0 Å². The predicted molar refractivity (Wildman–Crippen MR) is 78.8 cm³/mol. The Morgan fingerprint density at radius 3 is 2.81 bits per heavy atom. The molecule has 0 aliphatic rings. The van der Waals surface area contributed by atoms with Crippen LogP contribution in [0.3, 0.4) is 0 Å². The summed E-state index contributed by atoms with van der Waals surface area (Å²) in [7, 11) is 1.59. The van der Waals surface area contributed by atoms with E-state index in [2.05, 4.69) is 4.98 Å². The maximum absolute atomic E-state index is 12.2. The van der Waals surface area contributed by atoms with E-state index in [4.69, 9.17) is 9.47 Å². The molecule has 0 atom stereocenters. The van der Waals surface area contributed by atoms with Crippen LogP contribution in [0.15, 0.2) is 54.9 Å². The summed E-state index contributed by atoms with van der Waals surface area (Å²) in [6.07, 6.45) is 1.52. The number of hydrogen-bond acceptors (Lipinski definition) is 4. The predicted octanol–water partition coefficient (Wildman–Crippen LogP) is 2.76. The minimum absolute atomic E-state index is 0.0620. The Morgan fingerprint density at radius 1 is 1.14 bits per heavy atom. The third kappa shape index (κ3) is 2.72. The molecular formula is C16H14N2O3. The lowest BCUT2D eigenvalue weighted by Gasteiger charge is -2.07. The van der Waals surface area contributed by atoms with E-state index in [1.165, 1.54) is 10.9 Å². The molecule has 2 aromatic carbocycles. The van der Waals surface area contributed by atoms with Crippen LogP contribution < -0.4 is 9.47 Å². The van der Waals surface area contributed by atoms with Gasteiger partial charge >= 0.3 is 0 Å². The van der Waals surface area contributed by atoms with Crippen LogP contribution in [0.2, 0.25) is 0 Å². The van der Waals surface area contributed by atoms with E-state index in [1.807, 2.05) is 36.4 Å². The lowest BCUT2D eigenvalue weighted by molar-refractivity contribution is 0.0842. The minimum atomic E-state index is -0.175. The van der Waals surface area contributed by atoms with Gasteiger partial charge in [-0.05, 0) is 24.3 Å². The van der Waals surface area contributed by atoms with E-state index in [1.54, 1.807) is 19.2 Å². The Kier molecular flexibility index (Phi) is 3.55. The maximum atomic E-state index is 12.2. The quantitative estimate of drug-likeness (QED) is 0.738. The van der Waals surface area contributed by atoms with Crippen molar-refractivity contribution >= 4 is 16.9 Å². The Hall–Kier alpha value is -2.82. The molecule has 0 unspecified atom stereocenters. The number of rotatable bonds is 4. The number of nitrogens with zero attached hydrogens (tertiary/aromatic N) is 2. The highest BCUT2D eigenvalue weighted by molar-refractivity contribution is 5.90. The van der Waals surface area contributed by atoms with Gasteiger partial charge in [0, 0.05) is 6.07 Å². The topological polar surface area (TPSA) is 53.4 Å². The van der Waals surface area contributed by atoms with Crippen molar-refractivity contribution in [1.29, 1.82) is 0 Å². The fourth-order valence-corrected chi connectivity index (χ4v) is 2.06. The third-order valence-corrected chi connectivity index (χ3v) is 3.13. The summed E-state index contributed by atoms with van der Waals surface area (Å²) in [6, 6.07) is 14.6. The fourth-order valence-electron chi connectivity index (χ4n) is 2.06. The van der Waals surface area contributed by atoms with Crippen LogP contribution in [-0.2, 0) is 0 Å². The number of carbonyl (C=O) groups is 1. The summed E-state index contributed by atoms with van der Waals surface area (Å²) in [5.41, 5.74) is 1.56. The lowest BCUT2D eigenvalue weighted by Crippen LogP contribution is -2.18. The van der Waals surface area contributed by atoms with Gasteiger partial charge in [0.25, 0.3) is 5.91 Å². The van der Waals surface area contributed by atoms with Crippen LogP contribution >= 0.6 is 0 Å². The highest BCUT2D eigenvalue weighted by Gasteiger charge is 2.10. The van der Waals surface area contributed by atoms with E-state index < -0.39 is 0 Å². The number of para-hydroxylation sites is 2. The lowest BCUT2D eigenvalue weighted by atomic mass is 10.3. The molecule has 0 fully saturated rings. The number of benzene rings is 2. The van der Waals surface area contributed by atoms with Gasteiger partial charge in [0.05, 0.1) is 18.1 Å². The Balaban J connectivity index is 1.74. The van der Waals surface area contributed by atoms with Crippen LogP contribution in [-0.4, -0.2) is 29.2 Å². The van der Waals surface area contributed by atoms with E-state index in [0.29, 0.717) is 11.5 Å². The smallest absolute Gasteiger partial charge is 0.270 e. The van der Waals surface area contributed by atoms with Crippen LogP contribution in [0.1, 0.15) is 4.79 Å². The summed E-state index contributed by atoms with van der Waals surface area (Å²) >= 11 is 0. The first-order valence-electron chi connectivity index (χ1n) is 6.50. The van der Waals surface area contributed by atoms with Crippen molar-refractivity contribution in [3.63, 3.8) is 0 Å². The zero-order chi connectivity index (χ0) is 14.7. The zero-order valence-electron chi connectivity index (χ0n) is 11.5. The minimum Gasteiger partial charge on any atom is -0.497 e. The summed E-state index contributed by atoms with van der Waals surface area (Å²) in [5, 5.41) is 0. The molecule has 21 heavy (non-hydrogen) atoms. The molecule has 106 valence electrons. The Bertz CT molecular complexity index is 780. The second kappa shape index (κ2) is 5.66. The van der Waals surface area contributed by atoms with Gasteiger partial charge in [0.2, 0.25) is 0 Å². The first-order chi connectivity index (χ1) is 10.3. The van der Waals surface area contributed by atoms with Crippen molar-refractivity contribution < 1.29 is 14.3 Å². The number of ether oxygens (including phenoxy) is 2. The van der Waals surface area contributed by atoms with Gasteiger partial charge < -0.3 is 9.47 Å². The average molecular weight is 282 g/mol. The summed E-state index contributed by atoms with van der Waals surface area (Å²) in [6.45, 7) is -0.0620. The largest absolute Gasteiger partial charge is 0.497 e. The fraction of sp³-hybridized carbons (Fsp3) is 0.125. The summed E-state index contributed by atoms with van der Waals surface area (Å²) in [5.74, 6) is 1.10. The standard InChI is InChI=1S/C16H14N2O3/c1-20-12-5-4-6-13(9-12)21-10-16(19)18-11-17-14-7-2-3-8-15(14)18/h2-9,11H,10H2,1H3. The van der Waals surface area contributed by atoms with Crippen molar-refractivity contribution in [1.82, 2.24) is 9.55 Å². The average Bonchev–Trinajstić information content (AvgIpc) is 2.97. The second-order valence-electron chi connectivity index (χ2n) is 4.46. The number of imidazole rings is 1. The van der Waals surface area contributed by atoms with E-state index >= 15 is 0 Å². The highest BCUT2D eigenvalue weighted by Crippen LogP contribution is 2.19. The SMILES string of the molecule is COc1cccc(OCC(=O)n2cnc3ccccc32)c1. The Labute approximate surface area is 121 Å². The van der Waals surface area contributed by atoms with Gasteiger partial charge in [-0.25, -0.2) is 4.98 Å². The molecule has 0 N–H and O–H groups in total. The monoisotopic (exact) mass is 282 g/mol. The third-order valence-electron chi connectivity index (χ3n) is 3.13. The number of hydrogen-bond donors (Lipinski definition) is 0. The molecule has 0 amide bonds. The number of carbonyl (C=O) groups excluding carboxylic acids is 1. The van der Waals surface area contributed by atoms with Crippen LogP contribution in [0.25, 0.3) is 11.0 Å². The number of fused-ring (bicyclic) bond motifs is 1. The molecule has 0 spiro atoms. The first-order valence-corrected chi connectivity index (χ1v) is 6.50. The molecule has 0 saturated heterocycles. The molecule has 0 saturated carbocycles. The van der Waals surface area contributed by atoms with Gasteiger partial charge in [-0.1, -0.05) is 18.2 Å². The van der Waals surface area contributed by atoms with Gasteiger partial charge in [0.1, 0.15) is 17.8 Å². The second-order valence-corrected chi connectivity index (χ2v) is 4.46. The molecule has 3 aromatic rings.